The van der Waals surface area contributed by atoms with E-state index in [-0.39, 0.29) is 17.7 Å². The van der Waals surface area contributed by atoms with Gasteiger partial charge < -0.3 is 13.9 Å². The van der Waals surface area contributed by atoms with Gasteiger partial charge in [-0.2, -0.15) is 5.10 Å². The van der Waals surface area contributed by atoms with E-state index in [4.69, 9.17) is 4.42 Å². The topological polar surface area (TPSA) is 110 Å². The normalized spacial score (nSPS) is 13.2. The second-order valence-corrected chi connectivity index (χ2v) is 8.33. The molecule has 0 bridgehead atoms. The fourth-order valence-electron chi connectivity index (χ4n) is 4.44. The van der Waals surface area contributed by atoms with Crippen LogP contribution in [0.2, 0.25) is 0 Å². The van der Waals surface area contributed by atoms with Crippen molar-refractivity contribution in [3.05, 3.63) is 99.7 Å². The summed E-state index contributed by atoms with van der Waals surface area (Å²) in [6.45, 7) is 1.06. The minimum absolute atomic E-state index is 0.0181. The Morgan fingerprint density at radius 1 is 1.06 bits per heavy atom. The standard InChI is InChI=1S/C25H19FN6O3/c26-19-8-7-15(13-20-16-4-1-2-5-17(16)24(33)30-27-20)12-18(19)25(34)31-9-10-32-22(14-31)28-29-23(32)21-6-3-11-35-21/h1-8,11-12H,9-10,13-14H2,(H,30,33). The first-order chi connectivity index (χ1) is 17.1. The van der Waals surface area contributed by atoms with Gasteiger partial charge >= 0.3 is 0 Å². The van der Waals surface area contributed by atoms with Crippen molar-refractivity contribution < 1.29 is 13.6 Å². The maximum atomic E-state index is 14.7. The molecule has 0 unspecified atom stereocenters. The number of hydrogen-bond donors (Lipinski definition) is 1. The quantitative estimate of drug-likeness (QED) is 0.432. The molecular formula is C25H19FN6O3. The molecule has 0 atom stereocenters. The third-order valence-electron chi connectivity index (χ3n) is 6.19. The molecule has 1 aliphatic heterocycles. The van der Waals surface area contributed by atoms with Gasteiger partial charge in [0.25, 0.3) is 11.5 Å². The van der Waals surface area contributed by atoms with E-state index < -0.39 is 11.7 Å². The summed E-state index contributed by atoms with van der Waals surface area (Å²) < 4.78 is 22.1. The van der Waals surface area contributed by atoms with Crippen LogP contribution in [-0.4, -0.2) is 42.3 Å². The Morgan fingerprint density at radius 2 is 1.91 bits per heavy atom. The van der Waals surface area contributed by atoms with Gasteiger partial charge in [-0.3, -0.25) is 9.59 Å². The van der Waals surface area contributed by atoms with Gasteiger partial charge in [-0.15, -0.1) is 10.2 Å². The highest BCUT2D eigenvalue weighted by molar-refractivity contribution is 5.94. The lowest BCUT2D eigenvalue weighted by atomic mass is 10.0. The molecule has 3 aromatic heterocycles. The number of H-pyrrole nitrogens is 1. The van der Waals surface area contributed by atoms with Gasteiger partial charge in [0, 0.05) is 24.9 Å². The van der Waals surface area contributed by atoms with Gasteiger partial charge in [0.15, 0.2) is 17.4 Å². The van der Waals surface area contributed by atoms with Crippen LogP contribution in [0.1, 0.15) is 27.4 Å². The monoisotopic (exact) mass is 470 g/mol. The average Bonchev–Trinajstić information content (AvgIpc) is 3.56. The Hall–Kier alpha value is -4.60. The van der Waals surface area contributed by atoms with E-state index in [0.717, 1.165) is 5.39 Å². The molecule has 0 saturated heterocycles. The van der Waals surface area contributed by atoms with Crippen molar-refractivity contribution in [2.24, 2.45) is 0 Å². The molecule has 0 aliphatic carbocycles. The smallest absolute Gasteiger partial charge is 0.272 e. The molecule has 0 fully saturated rings. The lowest BCUT2D eigenvalue weighted by molar-refractivity contribution is 0.0703. The van der Waals surface area contributed by atoms with E-state index in [9.17, 15) is 14.0 Å². The molecule has 0 spiro atoms. The number of carbonyl (C=O) groups excluding carboxylic acids is 1. The van der Waals surface area contributed by atoms with Gasteiger partial charge in [0.1, 0.15) is 5.82 Å². The Labute approximate surface area is 197 Å². The van der Waals surface area contributed by atoms with Gasteiger partial charge in [0.05, 0.1) is 29.5 Å². The summed E-state index contributed by atoms with van der Waals surface area (Å²) in [5, 5.41) is 16.3. The number of aromatic nitrogens is 5. The van der Waals surface area contributed by atoms with E-state index >= 15 is 0 Å². The number of nitrogens with one attached hydrogen (secondary N) is 1. The summed E-state index contributed by atoms with van der Waals surface area (Å²) in [6, 6.07) is 15.2. The SMILES string of the molecule is O=C(c1cc(Cc2n[nH]c(=O)c3ccccc23)ccc1F)N1CCn2c(nnc2-c2ccco2)C1. The van der Waals surface area contributed by atoms with Gasteiger partial charge in [0.2, 0.25) is 0 Å². The second-order valence-electron chi connectivity index (χ2n) is 8.33. The van der Waals surface area contributed by atoms with Crippen LogP contribution in [0.5, 0.6) is 0 Å². The number of halogens is 1. The number of fused-ring (bicyclic) bond motifs is 2. The first-order valence-electron chi connectivity index (χ1n) is 11.1. The van der Waals surface area contributed by atoms with Gasteiger partial charge in [-0.25, -0.2) is 9.49 Å². The average molecular weight is 470 g/mol. The Morgan fingerprint density at radius 3 is 2.74 bits per heavy atom. The van der Waals surface area contributed by atoms with Crippen molar-refractivity contribution in [1.82, 2.24) is 29.9 Å². The number of amides is 1. The van der Waals surface area contributed by atoms with Crippen molar-refractivity contribution in [2.75, 3.05) is 6.54 Å². The fraction of sp³-hybridized carbons (Fsp3) is 0.160. The first-order valence-corrected chi connectivity index (χ1v) is 11.1. The van der Waals surface area contributed by atoms with Crippen LogP contribution in [0.15, 0.2) is 70.1 Å². The van der Waals surface area contributed by atoms with Crippen molar-refractivity contribution in [1.29, 1.82) is 0 Å². The molecule has 6 rings (SSSR count). The predicted octanol–water partition coefficient (Wildman–Crippen LogP) is 3.16. The summed E-state index contributed by atoms with van der Waals surface area (Å²) >= 11 is 0. The minimum atomic E-state index is -0.596. The molecule has 2 aromatic carbocycles. The molecule has 5 aromatic rings. The third kappa shape index (κ3) is 3.68. The fourth-order valence-corrected chi connectivity index (χ4v) is 4.44. The van der Waals surface area contributed by atoms with E-state index in [1.54, 1.807) is 47.6 Å². The summed E-state index contributed by atoms with van der Waals surface area (Å²) in [4.78, 5) is 26.9. The zero-order valence-electron chi connectivity index (χ0n) is 18.4. The number of rotatable bonds is 4. The highest BCUT2D eigenvalue weighted by Gasteiger charge is 2.28. The van der Waals surface area contributed by atoms with Crippen molar-refractivity contribution in [3.63, 3.8) is 0 Å². The van der Waals surface area contributed by atoms with E-state index in [1.807, 2.05) is 16.7 Å². The third-order valence-corrected chi connectivity index (χ3v) is 6.19. The lowest BCUT2D eigenvalue weighted by Crippen LogP contribution is -2.39. The molecule has 174 valence electrons. The molecular weight excluding hydrogens is 451 g/mol. The van der Waals surface area contributed by atoms with Gasteiger partial charge in [-0.1, -0.05) is 24.3 Å². The number of benzene rings is 2. The molecule has 1 N–H and O–H groups in total. The number of furan rings is 1. The van der Waals surface area contributed by atoms with Crippen LogP contribution < -0.4 is 5.56 Å². The van der Waals surface area contributed by atoms with Crippen LogP contribution in [0.4, 0.5) is 4.39 Å². The summed E-state index contributed by atoms with van der Waals surface area (Å²) in [5.41, 5.74) is 1.06. The Balaban J connectivity index is 1.27. The molecule has 1 aliphatic rings. The van der Waals surface area contributed by atoms with E-state index in [1.165, 1.54) is 6.07 Å². The number of aromatic amines is 1. The molecule has 9 nitrogen and oxygen atoms in total. The highest BCUT2D eigenvalue weighted by atomic mass is 19.1. The number of hydrogen-bond acceptors (Lipinski definition) is 6. The summed E-state index contributed by atoms with van der Waals surface area (Å²) in [7, 11) is 0. The zero-order chi connectivity index (χ0) is 23.9. The Bertz CT molecular complexity index is 1620. The van der Waals surface area contributed by atoms with Crippen LogP contribution in [0.3, 0.4) is 0 Å². The van der Waals surface area contributed by atoms with Crippen molar-refractivity contribution in [3.8, 4) is 11.6 Å². The highest BCUT2D eigenvalue weighted by Crippen LogP contribution is 2.24. The molecule has 35 heavy (non-hydrogen) atoms. The molecule has 10 heteroatoms. The van der Waals surface area contributed by atoms with Crippen LogP contribution in [0.25, 0.3) is 22.4 Å². The summed E-state index contributed by atoms with van der Waals surface area (Å²) in [6.07, 6.45) is 1.90. The van der Waals surface area contributed by atoms with Crippen LogP contribution in [-0.2, 0) is 19.5 Å². The first kappa shape index (κ1) is 21.0. The van der Waals surface area contributed by atoms with E-state index in [2.05, 4.69) is 20.4 Å². The maximum Gasteiger partial charge on any atom is 0.272 e. The zero-order valence-corrected chi connectivity index (χ0v) is 18.4. The summed E-state index contributed by atoms with van der Waals surface area (Å²) in [5.74, 6) is 0.798. The molecule has 0 radical (unpaired) electrons. The van der Waals surface area contributed by atoms with E-state index in [0.29, 0.717) is 53.6 Å². The van der Waals surface area contributed by atoms with Crippen LogP contribution >= 0.6 is 0 Å². The second kappa shape index (κ2) is 8.32. The number of carbonyl (C=O) groups is 1. The van der Waals surface area contributed by atoms with Gasteiger partial charge in [-0.05, 0) is 35.9 Å². The maximum absolute atomic E-state index is 14.7. The molecule has 1 amide bonds. The molecule has 4 heterocycles. The minimum Gasteiger partial charge on any atom is -0.461 e. The predicted molar refractivity (Wildman–Crippen MR) is 124 cm³/mol. The number of nitrogens with zero attached hydrogens (tertiary/aromatic N) is 5. The van der Waals surface area contributed by atoms with Crippen molar-refractivity contribution >= 4 is 16.7 Å². The molecule has 0 saturated carbocycles. The largest absolute Gasteiger partial charge is 0.461 e. The van der Waals surface area contributed by atoms with Crippen molar-refractivity contribution in [2.45, 2.75) is 19.5 Å². The lowest BCUT2D eigenvalue weighted by Gasteiger charge is -2.28. The Kier molecular flexibility index (Phi) is 4.98. The van der Waals surface area contributed by atoms with Crippen LogP contribution in [0, 0.1) is 5.82 Å².